The normalized spacial score (nSPS) is 19.5. The molecule has 0 bridgehead atoms. The Kier molecular flexibility index (Phi) is 14.6. The third kappa shape index (κ3) is 11.7. The molecule has 1 atom stereocenters. The molecule has 4 heterocycles. The molecule has 394 valence electrons. The van der Waals surface area contributed by atoms with E-state index in [2.05, 4.69) is 30.7 Å². The Bertz CT molecular complexity index is 3300. The van der Waals surface area contributed by atoms with Crippen LogP contribution < -0.4 is 27.1 Å². The summed E-state index contributed by atoms with van der Waals surface area (Å²) in [5.41, 5.74) is 6.78. The summed E-state index contributed by atoms with van der Waals surface area (Å²) in [4.78, 5) is 59.2. The van der Waals surface area contributed by atoms with Crippen LogP contribution in [0.25, 0.3) is 43.8 Å². The molecule has 0 spiro atoms. The Balaban J connectivity index is 0.000000161. The molecule has 4 N–H and O–H groups in total. The Hall–Kier alpha value is -6.10. The zero-order valence-corrected chi connectivity index (χ0v) is 43.5. The van der Waals surface area contributed by atoms with Gasteiger partial charge in [0.1, 0.15) is 11.6 Å². The van der Waals surface area contributed by atoms with E-state index in [1.165, 1.54) is 25.0 Å². The zero-order valence-electron chi connectivity index (χ0n) is 43.5. The molecule has 13 nitrogen and oxygen atoms in total. The van der Waals surface area contributed by atoms with E-state index in [-0.39, 0.29) is 47.7 Å². The third-order valence-corrected chi connectivity index (χ3v) is 16.4. The van der Waals surface area contributed by atoms with Crippen LogP contribution in [0.5, 0.6) is 0 Å². The van der Waals surface area contributed by atoms with E-state index < -0.39 is 11.6 Å². The fourth-order valence-electron chi connectivity index (χ4n) is 10.9. The maximum Gasteiger partial charge on any atom is 0.258 e. The first-order valence-electron chi connectivity index (χ1n) is 27.3. The van der Waals surface area contributed by atoms with Crippen LogP contribution in [0.4, 0.5) is 8.78 Å². The number of aliphatic hydroxyl groups excluding tert-OH is 1. The van der Waals surface area contributed by atoms with Gasteiger partial charge >= 0.3 is 0 Å². The molecule has 4 aliphatic carbocycles. The second-order valence-electron chi connectivity index (χ2n) is 22.5. The first-order chi connectivity index (χ1) is 36.3. The molecular formula is C60H70F2N8O5. The van der Waals surface area contributed by atoms with Gasteiger partial charge in [0, 0.05) is 124 Å². The third-order valence-electron chi connectivity index (χ3n) is 16.4. The summed E-state index contributed by atoms with van der Waals surface area (Å²) in [6.07, 6.45) is 12.6. The van der Waals surface area contributed by atoms with Crippen molar-refractivity contribution >= 4 is 33.4 Å². The van der Waals surface area contributed by atoms with Crippen molar-refractivity contribution in [1.29, 1.82) is 0 Å². The number of benzene rings is 4. The molecule has 6 aliphatic rings. The fourth-order valence-corrected chi connectivity index (χ4v) is 10.9. The van der Waals surface area contributed by atoms with Crippen LogP contribution in [0.3, 0.4) is 0 Å². The smallest absolute Gasteiger partial charge is 0.258 e. The number of nitrogens with one attached hydrogen (secondary N) is 3. The van der Waals surface area contributed by atoms with Crippen LogP contribution in [0, 0.1) is 37.3 Å². The maximum atomic E-state index is 15.0. The number of nitrogens with zero attached hydrogens (tertiary/aromatic N) is 5. The lowest BCUT2D eigenvalue weighted by atomic mass is 9.94. The number of carbonyl (C=O) groups excluding carboxylic acids is 2. The van der Waals surface area contributed by atoms with E-state index >= 15 is 4.39 Å². The molecule has 15 heteroatoms. The van der Waals surface area contributed by atoms with E-state index in [1.54, 1.807) is 26.0 Å². The van der Waals surface area contributed by atoms with Crippen molar-refractivity contribution in [3.05, 3.63) is 139 Å². The summed E-state index contributed by atoms with van der Waals surface area (Å²) >= 11 is 0. The zero-order chi connectivity index (χ0) is 52.1. The number of hydrogen-bond acceptors (Lipinski definition) is 9. The molecule has 0 radical (unpaired) electrons. The fraction of sp³-hybridized carbons (Fsp3) is 0.467. The van der Waals surface area contributed by atoms with Crippen molar-refractivity contribution in [3.63, 3.8) is 0 Å². The molecule has 6 aromatic rings. The number of hydrogen-bond donors (Lipinski definition) is 4. The van der Waals surface area contributed by atoms with Gasteiger partial charge in [-0.3, -0.25) is 33.9 Å². The number of piperazine rings is 2. The number of amides is 2. The van der Waals surface area contributed by atoms with Crippen molar-refractivity contribution in [2.75, 3.05) is 59.5 Å². The largest absolute Gasteiger partial charge is 0.395 e. The monoisotopic (exact) mass is 1020 g/mol. The minimum atomic E-state index is -0.416. The number of halogens is 2. The Labute approximate surface area is 436 Å². The minimum absolute atomic E-state index is 0.000670. The van der Waals surface area contributed by atoms with E-state index in [0.717, 1.165) is 137 Å². The summed E-state index contributed by atoms with van der Waals surface area (Å²) < 4.78 is 33.7. The summed E-state index contributed by atoms with van der Waals surface area (Å²) in [5.74, 6) is -0.140. The first-order valence-corrected chi connectivity index (χ1v) is 27.3. The minimum Gasteiger partial charge on any atom is -0.395 e. The Morgan fingerprint density at radius 3 is 1.52 bits per heavy atom. The van der Waals surface area contributed by atoms with Crippen molar-refractivity contribution in [2.24, 2.45) is 11.8 Å². The van der Waals surface area contributed by atoms with Gasteiger partial charge in [-0.25, -0.2) is 8.78 Å². The highest BCUT2D eigenvalue weighted by Crippen LogP contribution is 2.36. The van der Waals surface area contributed by atoms with Gasteiger partial charge in [0.25, 0.3) is 22.9 Å². The molecule has 2 amide bonds. The molecular weight excluding hydrogens is 951 g/mol. The van der Waals surface area contributed by atoms with E-state index in [9.17, 15) is 28.7 Å². The van der Waals surface area contributed by atoms with Gasteiger partial charge in [0.2, 0.25) is 0 Å². The average molecular weight is 1020 g/mol. The van der Waals surface area contributed by atoms with Gasteiger partial charge in [-0.05, 0) is 188 Å². The molecule has 2 aromatic heterocycles. The summed E-state index contributed by atoms with van der Waals surface area (Å²) in [7, 11) is 2.04. The predicted molar refractivity (Wildman–Crippen MR) is 290 cm³/mol. The van der Waals surface area contributed by atoms with Gasteiger partial charge < -0.3 is 30.2 Å². The van der Waals surface area contributed by atoms with Gasteiger partial charge in [-0.15, -0.1) is 0 Å². The molecule has 4 aromatic carbocycles. The number of pyridine rings is 2. The van der Waals surface area contributed by atoms with Gasteiger partial charge in [-0.2, -0.15) is 0 Å². The highest BCUT2D eigenvalue weighted by Gasteiger charge is 2.29. The van der Waals surface area contributed by atoms with Crippen molar-refractivity contribution in [2.45, 2.75) is 110 Å². The highest BCUT2D eigenvalue weighted by molar-refractivity contribution is 5.98. The lowest BCUT2D eigenvalue weighted by Crippen LogP contribution is -2.52. The number of aliphatic hydroxyl groups is 1. The van der Waals surface area contributed by atoms with Crippen LogP contribution in [0.2, 0.25) is 0 Å². The van der Waals surface area contributed by atoms with Crippen molar-refractivity contribution < 1.29 is 23.5 Å². The molecule has 4 saturated carbocycles. The van der Waals surface area contributed by atoms with Gasteiger partial charge in [0.05, 0.1) is 6.61 Å². The first kappa shape index (κ1) is 51.0. The van der Waals surface area contributed by atoms with E-state index in [4.69, 9.17) is 0 Å². The van der Waals surface area contributed by atoms with Gasteiger partial charge in [-0.1, -0.05) is 12.1 Å². The molecule has 12 rings (SSSR count). The van der Waals surface area contributed by atoms with Crippen LogP contribution in [-0.2, 0) is 26.2 Å². The SMILES string of the molecule is Cc1c(F)cc(C(=O)NC2CC2)cc1-c1ccc2c(=O)n(CC3CC3)cc(CN3CCN(C)[C@@H](CO)C3)c2c1.Cc1c(F)cc(C(=O)NC2CC2)cc1-c1ccc2c(=O)n(CC3CC3)cc(CN3CCNCC3)c2c1. The average Bonchev–Trinajstić information content (AvgIpc) is 4.16. The second-order valence-corrected chi connectivity index (χ2v) is 22.5. The molecule has 6 fully saturated rings. The van der Waals surface area contributed by atoms with Gasteiger partial charge in [0.15, 0.2) is 0 Å². The summed E-state index contributed by atoms with van der Waals surface area (Å²) in [5, 5.41) is 22.3. The topological polar surface area (TPSA) is 144 Å². The lowest BCUT2D eigenvalue weighted by Gasteiger charge is -2.38. The molecule has 0 unspecified atom stereocenters. The molecule has 2 saturated heterocycles. The number of fused-ring (bicyclic) bond motifs is 2. The number of aromatic nitrogens is 2. The number of rotatable bonds is 15. The maximum absolute atomic E-state index is 15.0. The standard InChI is InChI=1S/C31H37FN4O3.C29H33FN4O2/c1-19-27(12-22(13-29(19)32)30(38)33-24-6-7-24)21-5-8-26-28(11-21)23(16-36(31(26)39)14-20-3-4-20)15-35-10-9-34(2)25(17-35)18-37;1-18-25(13-21(14-27(18)30)28(35)32-23-5-6-23)20-4-7-24-26(12-20)22(16-33-10-8-31-9-11-33)17-34(29(24)36)15-19-2-3-19/h5,8,11-13,16,20,24-25,37H,3-4,6-7,9-10,14-15,17-18H2,1-2H3,(H,33,38);4,7,12-14,17,19,23,31H,2-3,5-6,8-11,15-16H2,1H3,(H,32,35)/t25-;/m1./s1. The number of likely N-dealkylation sites (N-methyl/N-ethyl adjacent to an activating group) is 1. The van der Waals surface area contributed by atoms with E-state index in [0.29, 0.717) is 62.5 Å². The van der Waals surface area contributed by atoms with Crippen LogP contribution in [0.1, 0.15) is 94.3 Å². The lowest BCUT2D eigenvalue weighted by molar-refractivity contribution is 0.0541. The van der Waals surface area contributed by atoms with Crippen molar-refractivity contribution in [1.82, 2.24) is 39.8 Å². The quantitative estimate of drug-likeness (QED) is 0.0831. The molecule has 2 aliphatic heterocycles. The summed E-state index contributed by atoms with van der Waals surface area (Å²) in [6, 6.07) is 18.1. The van der Waals surface area contributed by atoms with Crippen LogP contribution >= 0.6 is 0 Å². The Morgan fingerprint density at radius 2 is 1.08 bits per heavy atom. The summed E-state index contributed by atoms with van der Waals surface area (Å²) in [6.45, 7) is 12.8. The van der Waals surface area contributed by atoms with Crippen molar-refractivity contribution in [3.8, 4) is 22.3 Å². The molecule has 75 heavy (non-hydrogen) atoms. The van der Waals surface area contributed by atoms with Crippen LogP contribution in [0.15, 0.2) is 82.6 Å². The van der Waals surface area contributed by atoms with Crippen LogP contribution in [-0.4, -0.2) is 118 Å². The Morgan fingerprint density at radius 1 is 0.613 bits per heavy atom. The number of carbonyl (C=O) groups is 2. The second kappa shape index (κ2) is 21.5. The highest BCUT2D eigenvalue weighted by atomic mass is 19.1. The predicted octanol–water partition coefficient (Wildman–Crippen LogP) is 7.35. The van der Waals surface area contributed by atoms with E-state index in [1.807, 2.05) is 65.0 Å².